The number of benzene rings is 2. The van der Waals surface area contributed by atoms with Crippen LogP contribution in [0.4, 0.5) is 0 Å². The monoisotopic (exact) mass is 344 g/mol. The summed E-state index contributed by atoms with van der Waals surface area (Å²) in [5.41, 5.74) is 1.63. The van der Waals surface area contributed by atoms with Crippen LogP contribution in [0.1, 0.15) is 10.4 Å². The van der Waals surface area contributed by atoms with Crippen molar-refractivity contribution in [2.24, 2.45) is 12.0 Å². The smallest absolute Gasteiger partial charge is 0.279 e. The average molecular weight is 344 g/mol. The third-order valence-corrected chi connectivity index (χ3v) is 5.35. The largest absolute Gasteiger partial charge is 0.497 e. The summed E-state index contributed by atoms with van der Waals surface area (Å²) in [4.78, 5) is 18.4. The van der Waals surface area contributed by atoms with E-state index in [0.717, 1.165) is 20.9 Å². The first kappa shape index (κ1) is 15.8. The molecule has 0 radical (unpaired) electrons. The molecule has 23 heavy (non-hydrogen) atoms. The van der Waals surface area contributed by atoms with Crippen molar-refractivity contribution < 1.29 is 9.53 Å². The summed E-state index contributed by atoms with van der Waals surface area (Å²) in [7, 11) is 3.55. The maximum Gasteiger partial charge on any atom is 0.279 e. The van der Waals surface area contributed by atoms with Crippen LogP contribution in [0.2, 0.25) is 0 Å². The van der Waals surface area contributed by atoms with Crippen molar-refractivity contribution in [1.82, 2.24) is 4.57 Å². The fourth-order valence-electron chi connectivity index (χ4n) is 2.26. The molecule has 0 aliphatic heterocycles. The number of nitrogens with zero attached hydrogens (tertiary/aromatic N) is 2. The highest BCUT2D eigenvalue weighted by atomic mass is 32.2. The number of thioether (sulfide) groups is 1. The van der Waals surface area contributed by atoms with E-state index in [0.29, 0.717) is 10.4 Å². The van der Waals surface area contributed by atoms with E-state index in [1.165, 1.54) is 11.3 Å². The molecule has 0 N–H and O–H groups in total. The highest BCUT2D eigenvalue weighted by Crippen LogP contribution is 2.22. The second-order valence-corrected chi connectivity index (χ2v) is 6.81. The van der Waals surface area contributed by atoms with Gasteiger partial charge in [0.05, 0.1) is 17.3 Å². The molecule has 1 amide bonds. The fraction of sp³-hybridized carbons (Fsp3) is 0.176. The Bertz CT molecular complexity index is 941. The Morgan fingerprint density at radius 1 is 1.26 bits per heavy atom. The topological polar surface area (TPSA) is 43.6 Å². The standard InChI is InChI=1S/C17H16N2O2S2/c1-19-14-8-7-12(21-2)10-15(14)23-17(19)18-16(20)11-5-4-6-13(9-11)22-3/h4-10H,1-3H3. The molecular weight excluding hydrogens is 328 g/mol. The molecule has 1 aromatic heterocycles. The lowest BCUT2D eigenvalue weighted by Crippen LogP contribution is -2.13. The molecule has 4 nitrogen and oxygen atoms in total. The van der Waals surface area contributed by atoms with Gasteiger partial charge in [-0.1, -0.05) is 17.4 Å². The fourth-order valence-corrected chi connectivity index (χ4v) is 3.76. The molecule has 0 aliphatic rings. The Hall–Kier alpha value is -2.05. The summed E-state index contributed by atoms with van der Waals surface area (Å²) in [6.45, 7) is 0. The van der Waals surface area contributed by atoms with E-state index in [2.05, 4.69) is 4.99 Å². The Morgan fingerprint density at radius 2 is 2.09 bits per heavy atom. The third kappa shape index (κ3) is 3.18. The summed E-state index contributed by atoms with van der Waals surface area (Å²) in [6, 6.07) is 13.4. The summed E-state index contributed by atoms with van der Waals surface area (Å²) in [6.07, 6.45) is 1.99. The Labute approximate surface area is 142 Å². The van der Waals surface area contributed by atoms with Gasteiger partial charge in [0.1, 0.15) is 5.75 Å². The van der Waals surface area contributed by atoms with E-state index < -0.39 is 0 Å². The molecule has 0 bridgehead atoms. The van der Waals surface area contributed by atoms with Crippen LogP contribution in [-0.2, 0) is 7.05 Å². The number of hydrogen-bond acceptors (Lipinski definition) is 4. The van der Waals surface area contributed by atoms with Gasteiger partial charge in [0, 0.05) is 17.5 Å². The quantitative estimate of drug-likeness (QED) is 0.680. The van der Waals surface area contributed by atoms with E-state index >= 15 is 0 Å². The van der Waals surface area contributed by atoms with Crippen LogP contribution >= 0.6 is 23.1 Å². The van der Waals surface area contributed by atoms with Gasteiger partial charge in [0.15, 0.2) is 4.80 Å². The summed E-state index contributed by atoms with van der Waals surface area (Å²) in [5.74, 6) is 0.569. The number of ether oxygens (including phenoxy) is 1. The first-order valence-electron chi connectivity index (χ1n) is 6.99. The molecule has 118 valence electrons. The first-order chi connectivity index (χ1) is 11.1. The maximum absolute atomic E-state index is 12.4. The van der Waals surface area contributed by atoms with E-state index in [1.807, 2.05) is 54.3 Å². The van der Waals surface area contributed by atoms with Crippen molar-refractivity contribution in [1.29, 1.82) is 0 Å². The predicted octanol–water partition coefficient (Wildman–Crippen LogP) is 3.71. The Balaban J connectivity index is 2.06. The van der Waals surface area contributed by atoms with Crippen molar-refractivity contribution in [3.8, 4) is 5.75 Å². The molecule has 0 fully saturated rings. The molecule has 0 aliphatic carbocycles. The molecular formula is C17H16N2O2S2. The summed E-state index contributed by atoms with van der Waals surface area (Å²) >= 11 is 3.08. The van der Waals surface area contributed by atoms with Gasteiger partial charge in [-0.15, -0.1) is 11.8 Å². The molecule has 2 aromatic carbocycles. The van der Waals surface area contributed by atoms with Crippen molar-refractivity contribution in [3.63, 3.8) is 0 Å². The SMILES string of the molecule is COc1ccc2c(c1)sc(=NC(=O)c1cccc(SC)c1)n2C. The number of aromatic nitrogens is 1. The molecule has 1 heterocycles. The minimum atomic E-state index is -0.227. The van der Waals surface area contributed by atoms with Crippen LogP contribution in [0, 0.1) is 0 Å². The van der Waals surface area contributed by atoms with Gasteiger partial charge in [-0.25, -0.2) is 0 Å². The van der Waals surface area contributed by atoms with Crippen molar-refractivity contribution in [2.75, 3.05) is 13.4 Å². The van der Waals surface area contributed by atoms with Crippen molar-refractivity contribution in [2.45, 2.75) is 4.90 Å². The van der Waals surface area contributed by atoms with Crippen molar-refractivity contribution >= 4 is 39.2 Å². The second kappa shape index (κ2) is 6.60. The Morgan fingerprint density at radius 3 is 2.83 bits per heavy atom. The first-order valence-corrected chi connectivity index (χ1v) is 9.03. The van der Waals surface area contributed by atoms with Gasteiger partial charge >= 0.3 is 0 Å². The molecule has 0 unspecified atom stereocenters. The molecule has 3 aromatic rings. The van der Waals surface area contributed by atoms with Crippen LogP contribution in [0.25, 0.3) is 10.2 Å². The highest BCUT2D eigenvalue weighted by Gasteiger charge is 2.08. The normalized spacial score (nSPS) is 11.9. The number of rotatable bonds is 3. The van der Waals surface area contributed by atoms with Crippen molar-refractivity contribution in [3.05, 3.63) is 52.8 Å². The zero-order valence-corrected chi connectivity index (χ0v) is 14.7. The van der Waals surface area contributed by atoms with Crippen LogP contribution in [0.15, 0.2) is 52.4 Å². The molecule has 6 heteroatoms. The number of methoxy groups -OCH3 is 1. The Kier molecular flexibility index (Phi) is 4.54. The minimum absolute atomic E-state index is 0.227. The number of fused-ring (bicyclic) bond motifs is 1. The number of hydrogen-bond donors (Lipinski definition) is 0. The minimum Gasteiger partial charge on any atom is -0.497 e. The molecule has 0 saturated heterocycles. The molecule has 0 atom stereocenters. The number of amides is 1. The van der Waals surface area contributed by atoms with Gasteiger partial charge in [-0.05, 0) is 42.7 Å². The second-order valence-electron chi connectivity index (χ2n) is 4.93. The zero-order chi connectivity index (χ0) is 16.4. The van der Waals surface area contributed by atoms with E-state index in [-0.39, 0.29) is 5.91 Å². The average Bonchev–Trinajstić information content (AvgIpc) is 2.90. The third-order valence-electron chi connectivity index (χ3n) is 3.53. The van der Waals surface area contributed by atoms with Crippen LogP contribution in [0.5, 0.6) is 5.75 Å². The van der Waals surface area contributed by atoms with Gasteiger partial charge in [0.25, 0.3) is 5.91 Å². The van der Waals surface area contributed by atoms with Gasteiger partial charge in [-0.3, -0.25) is 4.79 Å². The lowest BCUT2D eigenvalue weighted by Gasteiger charge is -2.00. The number of carbonyl (C=O) groups excluding carboxylic acids is 1. The predicted molar refractivity (Wildman–Crippen MR) is 95.5 cm³/mol. The highest BCUT2D eigenvalue weighted by molar-refractivity contribution is 7.98. The maximum atomic E-state index is 12.4. The van der Waals surface area contributed by atoms with Crippen LogP contribution in [-0.4, -0.2) is 23.8 Å². The van der Waals surface area contributed by atoms with Gasteiger partial charge < -0.3 is 9.30 Å². The summed E-state index contributed by atoms with van der Waals surface area (Å²) < 4.78 is 8.21. The van der Waals surface area contributed by atoms with E-state index in [1.54, 1.807) is 24.9 Å². The van der Waals surface area contributed by atoms with Gasteiger partial charge in [0.2, 0.25) is 0 Å². The molecule has 0 spiro atoms. The zero-order valence-electron chi connectivity index (χ0n) is 13.1. The van der Waals surface area contributed by atoms with E-state index in [9.17, 15) is 4.79 Å². The summed E-state index contributed by atoms with van der Waals surface area (Å²) in [5, 5.41) is 0. The van der Waals surface area contributed by atoms with Gasteiger partial charge in [-0.2, -0.15) is 4.99 Å². The van der Waals surface area contributed by atoms with E-state index in [4.69, 9.17) is 4.74 Å². The number of thiazole rings is 1. The van der Waals surface area contributed by atoms with Crippen LogP contribution in [0.3, 0.4) is 0 Å². The molecule has 0 saturated carbocycles. The van der Waals surface area contributed by atoms with Crippen LogP contribution < -0.4 is 9.54 Å². The number of aryl methyl sites for hydroxylation is 1. The molecule has 3 rings (SSSR count). The lowest BCUT2D eigenvalue weighted by molar-refractivity contribution is 0.0997. The lowest BCUT2D eigenvalue weighted by atomic mass is 10.2. The number of carbonyl (C=O) groups is 1.